The zero-order valence-electron chi connectivity index (χ0n) is 25.5. The maximum Gasteiger partial charge on any atom is 0.314 e. The largest absolute Gasteiger partial charge is 0.469 e. The van der Waals surface area contributed by atoms with Crippen molar-refractivity contribution in [3.63, 3.8) is 0 Å². The van der Waals surface area contributed by atoms with E-state index in [2.05, 4.69) is 45.9 Å². The Hall–Kier alpha value is -1.50. The van der Waals surface area contributed by atoms with E-state index in [0.29, 0.717) is 32.1 Å². The number of carbonyl (C=O) groups excluding carboxylic acids is 3. The Kier molecular flexibility index (Phi) is 7.44. The Morgan fingerprint density at radius 1 is 0.872 bits per heavy atom. The molecule has 39 heavy (non-hydrogen) atoms. The quantitative estimate of drug-likeness (QED) is 0.178. The molecule has 0 aromatic carbocycles. The molecule has 10 heteroatoms. The van der Waals surface area contributed by atoms with Crippen molar-refractivity contribution in [2.24, 2.45) is 34.0 Å². The molecule has 220 valence electrons. The van der Waals surface area contributed by atoms with Crippen LogP contribution in [0.4, 0.5) is 0 Å². The summed E-state index contributed by atoms with van der Waals surface area (Å²) >= 11 is 0. The van der Waals surface area contributed by atoms with Crippen molar-refractivity contribution in [1.82, 2.24) is 0 Å². The number of fused-ring (bicyclic) bond motifs is 3. The fourth-order valence-corrected chi connectivity index (χ4v) is 12.2. The molecule has 4 aliphatic rings. The molecular formula is C29H48O8Si2. The maximum atomic E-state index is 14.1. The van der Waals surface area contributed by atoms with Gasteiger partial charge < -0.3 is 23.1 Å². The lowest BCUT2D eigenvalue weighted by atomic mass is 9.51. The minimum atomic E-state index is -2.13. The third kappa shape index (κ3) is 4.30. The van der Waals surface area contributed by atoms with Gasteiger partial charge in [0, 0.05) is 5.92 Å². The van der Waals surface area contributed by atoms with Crippen LogP contribution in [0.1, 0.15) is 45.4 Å². The summed E-state index contributed by atoms with van der Waals surface area (Å²) in [6.45, 7) is 19.1. The predicted molar refractivity (Wildman–Crippen MR) is 152 cm³/mol. The van der Waals surface area contributed by atoms with E-state index in [1.165, 1.54) is 21.3 Å². The molecule has 0 saturated heterocycles. The van der Waals surface area contributed by atoms with E-state index in [9.17, 15) is 14.4 Å². The molecule has 0 radical (unpaired) electrons. The lowest BCUT2D eigenvalue weighted by Gasteiger charge is -2.54. The summed E-state index contributed by atoms with van der Waals surface area (Å²) in [4.78, 5) is 42.1. The molecule has 2 bridgehead atoms. The van der Waals surface area contributed by atoms with E-state index in [1.807, 2.05) is 6.92 Å². The van der Waals surface area contributed by atoms with E-state index in [1.54, 1.807) is 0 Å². The second kappa shape index (κ2) is 9.53. The van der Waals surface area contributed by atoms with E-state index >= 15 is 0 Å². The molecular weight excluding hydrogens is 532 g/mol. The van der Waals surface area contributed by atoms with E-state index in [-0.39, 0.29) is 11.9 Å². The topological polar surface area (TPSA) is 97.4 Å². The van der Waals surface area contributed by atoms with Gasteiger partial charge in [-0.2, -0.15) is 0 Å². The first kappa shape index (κ1) is 30.5. The number of ether oxygens (including phenoxy) is 3. The lowest BCUT2D eigenvalue weighted by Crippen LogP contribution is -2.62. The average molecular weight is 581 g/mol. The van der Waals surface area contributed by atoms with Gasteiger partial charge in [0.1, 0.15) is 0 Å². The van der Waals surface area contributed by atoms with Crippen molar-refractivity contribution in [3.05, 3.63) is 12.2 Å². The summed E-state index contributed by atoms with van der Waals surface area (Å²) in [5, 5.41) is 0. The lowest BCUT2D eigenvalue weighted by molar-refractivity contribution is -0.194. The van der Waals surface area contributed by atoms with Crippen LogP contribution < -0.4 is 0 Å². The SMILES string of the molecule is C=C1C[C@]23C[C@@]1(O[Si](C)(C)C)CCC2[C@]1(C(=O)OC)CC[C@H](O[Si](C)(C)C)C(C)(C(=O)OC)C1[C@@H]3C(=O)OC. The van der Waals surface area contributed by atoms with E-state index < -0.39 is 68.4 Å². The van der Waals surface area contributed by atoms with Gasteiger partial charge in [0.05, 0.1) is 49.8 Å². The van der Waals surface area contributed by atoms with Crippen molar-refractivity contribution < 1.29 is 37.4 Å². The maximum absolute atomic E-state index is 14.1. The Morgan fingerprint density at radius 3 is 2.00 bits per heavy atom. The van der Waals surface area contributed by atoms with Crippen molar-refractivity contribution in [2.75, 3.05) is 21.3 Å². The van der Waals surface area contributed by atoms with Crippen LogP contribution in [0.25, 0.3) is 0 Å². The molecule has 0 heterocycles. The highest BCUT2D eigenvalue weighted by Crippen LogP contribution is 2.79. The number of rotatable bonds is 7. The highest BCUT2D eigenvalue weighted by atomic mass is 28.4. The van der Waals surface area contributed by atoms with Crippen LogP contribution in [-0.4, -0.2) is 67.6 Å². The molecule has 0 aliphatic heterocycles. The fraction of sp³-hybridized carbons (Fsp3) is 0.828. The van der Waals surface area contributed by atoms with Crippen LogP contribution >= 0.6 is 0 Å². The third-order valence-electron chi connectivity index (χ3n) is 10.2. The fourth-order valence-electron chi connectivity index (χ4n) is 9.48. The minimum Gasteiger partial charge on any atom is -0.469 e. The summed E-state index contributed by atoms with van der Waals surface area (Å²) in [7, 11) is 0.0370. The molecule has 4 rings (SSSR count). The van der Waals surface area contributed by atoms with E-state index in [0.717, 1.165) is 12.0 Å². The van der Waals surface area contributed by atoms with Crippen LogP contribution in [0.15, 0.2) is 12.2 Å². The molecule has 1 spiro atoms. The first-order chi connectivity index (χ1) is 17.9. The number of methoxy groups -OCH3 is 3. The predicted octanol–water partition coefficient (Wildman–Crippen LogP) is 5.09. The molecule has 0 aromatic heterocycles. The van der Waals surface area contributed by atoms with Gasteiger partial charge >= 0.3 is 17.9 Å². The van der Waals surface area contributed by atoms with Gasteiger partial charge in [-0.3, -0.25) is 14.4 Å². The third-order valence-corrected chi connectivity index (χ3v) is 12.2. The van der Waals surface area contributed by atoms with Crippen molar-refractivity contribution in [2.45, 2.75) is 96.4 Å². The second-order valence-corrected chi connectivity index (χ2v) is 23.4. The Morgan fingerprint density at radius 2 is 1.49 bits per heavy atom. The number of carbonyl (C=O) groups is 3. The van der Waals surface area contributed by atoms with Crippen molar-refractivity contribution in [3.8, 4) is 0 Å². The van der Waals surface area contributed by atoms with Gasteiger partial charge in [-0.25, -0.2) is 0 Å². The van der Waals surface area contributed by atoms with Crippen molar-refractivity contribution in [1.29, 1.82) is 0 Å². The molecule has 3 unspecified atom stereocenters. The molecule has 4 aliphatic carbocycles. The zero-order valence-corrected chi connectivity index (χ0v) is 27.5. The summed E-state index contributed by atoms with van der Waals surface area (Å²) in [5.74, 6) is -2.88. The molecule has 0 aromatic rings. The summed E-state index contributed by atoms with van der Waals surface area (Å²) in [5.41, 5.74) is -2.54. The second-order valence-electron chi connectivity index (χ2n) is 14.5. The van der Waals surface area contributed by atoms with Gasteiger partial charge in [0.25, 0.3) is 0 Å². The molecule has 8 atom stereocenters. The normalized spacial score (nSPS) is 41.4. The van der Waals surface area contributed by atoms with Gasteiger partial charge in [0.2, 0.25) is 0 Å². The molecule has 8 nitrogen and oxygen atoms in total. The van der Waals surface area contributed by atoms with Crippen molar-refractivity contribution >= 4 is 34.5 Å². The summed E-state index contributed by atoms with van der Waals surface area (Å²) in [6, 6.07) is 0. The Balaban J connectivity index is 2.01. The Labute approximate surface area is 235 Å². The van der Waals surface area contributed by atoms with Crippen LogP contribution in [0.2, 0.25) is 39.3 Å². The number of hydrogen-bond donors (Lipinski definition) is 0. The van der Waals surface area contributed by atoms with Crippen LogP contribution in [0.5, 0.6) is 0 Å². The molecule has 0 amide bonds. The number of hydrogen-bond acceptors (Lipinski definition) is 8. The van der Waals surface area contributed by atoms with Crippen LogP contribution in [-0.2, 0) is 37.4 Å². The molecule has 0 N–H and O–H groups in total. The monoisotopic (exact) mass is 580 g/mol. The average Bonchev–Trinajstić information content (AvgIpc) is 3.21. The van der Waals surface area contributed by atoms with Gasteiger partial charge in [-0.1, -0.05) is 6.58 Å². The van der Waals surface area contributed by atoms with Gasteiger partial charge in [-0.05, 0) is 102 Å². The highest BCUT2D eigenvalue weighted by Gasteiger charge is 2.82. The first-order valence-corrected chi connectivity index (χ1v) is 21.0. The Bertz CT molecular complexity index is 1060. The van der Waals surface area contributed by atoms with Gasteiger partial charge in [-0.15, -0.1) is 0 Å². The number of esters is 3. The molecule has 4 saturated carbocycles. The standard InChI is InChI=1S/C29H48O8Si2/c1-18-16-27-17-28(18,37-39(9,10)11)14-12-19(27)29(25(32)35-5)15-13-20(36-38(6,7)8)26(2,24(31)34-4)22(29)21(27)23(30)33-3/h19-22H,1,12-17H2,2-11H3/t19?,20-,21+,22?,26?,27-,28-,29+/m0/s1. The highest BCUT2D eigenvalue weighted by molar-refractivity contribution is 6.70. The van der Waals surface area contributed by atoms with E-state index in [4.69, 9.17) is 23.1 Å². The zero-order chi connectivity index (χ0) is 29.4. The summed E-state index contributed by atoms with van der Waals surface area (Å²) in [6.07, 6.45) is 3.01. The molecule has 4 fully saturated rings. The van der Waals surface area contributed by atoms with Crippen LogP contribution in [0, 0.1) is 34.0 Å². The minimum absolute atomic E-state index is 0.194. The first-order valence-electron chi connectivity index (χ1n) is 14.2. The summed E-state index contributed by atoms with van der Waals surface area (Å²) < 4.78 is 30.1. The van der Waals surface area contributed by atoms with Gasteiger partial charge in [0.15, 0.2) is 16.6 Å². The van der Waals surface area contributed by atoms with Crippen LogP contribution in [0.3, 0.4) is 0 Å². The smallest absolute Gasteiger partial charge is 0.314 e.